The molecule has 0 radical (unpaired) electrons. The number of carbonyl (C=O) groups is 3. The average Bonchev–Trinajstić information content (AvgIpc) is 2.92. The summed E-state index contributed by atoms with van der Waals surface area (Å²) in [7, 11) is 5.73. The van der Waals surface area contributed by atoms with Crippen molar-refractivity contribution in [2.75, 3.05) is 33.8 Å². The number of hydrogen-bond donors (Lipinski definition) is 2. The van der Waals surface area contributed by atoms with Gasteiger partial charge in [-0.05, 0) is 60.2 Å². The minimum absolute atomic E-state index is 0.0322. The van der Waals surface area contributed by atoms with Gasteiger partial charge in [0.2, 0.25) is 5.75 Å². The molecule has 0 unspecified atom stereocenters. The van der Waals surface area contributed by atoms with E-state index >= 15 is 0 Å². The topological polar surface area (TPSA) is 112 Å². The highest BCUT2D eigenvalue weighted by Crippen LogP contribution is 2.38. The van der Waals surface area contributed by atoms with Gasteiger partial charge in [-0.15, -0.1) is 0 Å². The van der Waals surface area contributed by atoms with Crippen LogP contribution >= 0.6 is 0 Å². The highest BCUT2D eigenvalue weighted by atomic mass is 16.5. The molecule has 3 aromatic rings. The highest BCUT2D eigenvalue weighted by Gasteiger charge is 2.18. The summed E-state index contributed by atoms with van der Waals surface area (Å²) in [5, 5.41) is 5.39. The van der Waals surface area contributed by atoms with Gasteiger partial charge in [0.1, 0.15) is 5.70 Å². The van der Waals surface area contributed by atoms with Crippen molar-refractivity contribution in [3.8, 4) is 17.2 Å². The molecule has 0 bridgehead atoms. The first kappa shape index (κ1) is 25.8. The molecule has 0 aliphatic rings. The molecule has 3 rings (SSSR count). The molecule has 36 heavy (non-hydrogen) atoms. The van der Waals surface area contributed by atoms with Crippen LogP contribution in [0.25, 0.3) is 6.08 Å². The molecule has 0 aromatic heterocycles. The van der Waals surface area contributed by atoms with Crippen LogP contribution < -0.4 is 24.8 Å². The maximum Gasteiger partial charge on any atom is 0.337 e. The summed E-state index contributed by atoms with van der Waals surface area (Å²) in [6.45, 7) is 0. The standard InChI is InChI=1S/C27H26N2O7/c1-33-22-15-17(16-23(34-2)24(22)35-3)14-21(29-25(30)18-8-6-5-7-9-18)26(31)28-20-12-10-19(11-13-20)27(32)36-4/h5-16H,1-4H3,(H,28,31)(H,29,30)/b21-14+. The molecule has 3 aromatic carbocycles. The Morgan fingerprint density at radius 1 is 0.750 bits per heavy atom. The largest absolute Gasteiger partial charge is 0.493 e. The van der Waals surface area contributed by atoms with Gasteiger partial charge in [-0.2, -0.15) is 0 Å². The minimum Gasteiger partial charge on any atom is -0.493 e. The van der Waals surface area contributed by atoms with Crippen molar-refractivity contribution in [3.63, 3.8) is 0 Å². The van der Waals surface area contributed by atoms with Gasteiger partial charge in [0.05, 0.1) is 34.0 Å². The van der Waals surface area contributed by atoms with E-state index < -0.39 is 17.8 Å². The van der Waals surface area contributed by atoms with E-state index in [0.29, 0.717) is 39.6 Å². The van der Waals surface area contributed by atoms with E-state index in [1.807, 2.05) is 0 Å². The average molecular weight is 491 g/mol. The number of esters is 1. The molecule has 0 heterocycles. The zero-order chi connectivity index (χ0) is 26.1. The monoisotopic (exact) mass is 490 g/mol. The Balaban J connectivity index is 1.97. The molecule has 186 valence electrons. The number of anilines is 1. The third-order valence-electron chi connectivity index (χ3n) is 5.09. The van der Waals surface area contributed by atoms with Crippen molar-refractivity contribution in [2.45, 2.75) is 0 Å². The van der Waals surface area contributed by atoms with E-state index in [1.54, 1.807) is 54.6 Å². The number of ether oxygens (including phenoxy) is 4. The van der Waals surface area contributed by atoms with Gasteiger partial charge >= 0.3 is 5.97 Å². The van der Waals surface area contributed by atoms with E-state index in [9.17, 15) is 14.4 Å². The molecular formula is C27H26N2O7. The summed E-state index contributed by atoms with van der Waals surface area (Å²) in [4.78, 5) is 37.7. The van der Waals surface area contributed by atoms with E-state index in [0.717, 1.165) is 0 Å². The first-order valence-electron chi connectivity index (χ1n) is 10.8. The minimum atomic E-state index is -0.584. The number of amides is 2. The maximum absolute atomic E-state index is 13.2. The van der Waals surface area contributed by atoms with Gasteiger partial charge < -0.3 is 29.6 Å². The number of carbonyl (C=O) groups excluding carboxylic acids is 3. The van der Waals surface area contributed by atoms with Gasteiger partial charge in [-0.3, -0.25) is 9.59 Å². The van der Waals surface area contributed by atoms with Crippen LogP contribution in [0.2, 0.25) is 0 Å². The summed E-state index contributed by atoms with van der Waals surface area (Å²) in [6.07, 6.45) is 1.49. The first-order valence-corrected chi connectivity index (χ1v) is 10.8. The van der Waals surface area contributed by atoms with Crippen LogP contribution in [0.4, 0.5) is 5.69 Å². The third kappa shape index (κ3) is 6.20. The molecule has 2 amide bonds. The fourth-order valence-corrected chi connectivity index (χ4v) is 3.30. The normalized spacial score (nSPS) is 10.7. The van der Waals surface area contributed by atoms with Crippen molar-refractivity contribution in [1.29, 1.82) is 0 Å². The molecule has 0 atom stereocenters. The SMILES string of the molecule is COC(=O)c1ccc(NC(=O)/C(=C\c2cc(OC)c(OC)c(OC)c2)NC(=O)c2ccccc2)cc1. The van der Waals surface area contributed by atoms with Gasteiger partial charge in [0.25, 0.3) is 11.8 Å². The molecule has 0 saturated carbocycles. The van der Waals surface area contributed by atoms with Crippen molar-refractivity contribution >= 4 is 29.5 Å². The highest BCUT2D eigenvalue weighted by molar-refractivity contribution is 6.10. The van der Waals surface area contributed by atoms with Gasteiger partial charge in [0, 0.05) is 11.3 Å². The Hall–Kier alpha value is -4.79. The smallest absolute Gasteiger partial charge is 0.337 e. The summed E-state index contributed by atoms with van der Waals surface area (Å²) >= 11 is 0. The summed E-state index contributed by atoms with van der Waals surface area (Å²) < 4.78 is 20.8. The fraction of sp³-hybridized carbons (Fsp3) is 0.148. The molecule has 9 nitrogen and oxygen atoms in total. The van der Waals surface area contributed by atoms with E-state index in [4.69, 9.17) is 14.2 Å². The predicted octanol–water partition coefficient (Wildman–Crippen LogP) is 3.91. The number of nitrogens with one attached hydrogen (secondary N) is 2. The Labute approximate surface area is 208 Å². The van der Waals surface area contributed by atoms with Crippen LogP contribution in [0.3, 0.4) is 0 Å². The van der Waals surface area contributed by atoms with Gasteiger partial charge in [0.15, 0.2) is 11.5 Å². The van der Waals surface area contributed by atoms with Crippen LogP contribution in [0, 0.1) is 0 Å². The van der Waals surface area contributed by atoms with Crippen LogP contribution in [-0.2, 0) is 9.53 Å². The quantitative estimate of drug-likeness (QED) is 0.345. The Morgan fingerprint density at radius 2 is 1.36 bits per heavy atom. The van der Waals surface area contributed by atoms with Crippen molar-refractivity contribution < 1.29 is 33.3 Å². The third-order valence-corrected chi connectivity index (χ3v) is 5.09. The van der Waals surface area contributed by atoms with Crippen LogP contribution in [-0.4, -0.2) is 46.2 Å². The zero-order valence-electron chi connectivity index (χ0n) is 20.3. The van der Waals surface area contributed by atoms with Crippen molar-refractivity contribution in [3.05, 3.63) is 89.1 Å². The number of benzene rings is 3. The lowest BCUT2D eigenvalue weighted by Crippen LogP contribution is -2.30. The van der Waals surface area contributed by atoms with Crippen molar-refractivity contribution in [2.24, 2.45) is 0 Å². The lowest BCUT2D eigenvalue weighted by atomic mass is 10.1. The van der Waals surface area contributed by atoms with Crippen molar-refractivity contribution in [1.82, 2.24) is 5.32 Å². The predicted molar refractivity (Wildman–Crippen MR) is 134 cm³/mol. The number of hydrogen-bond acceptors (Lipinski definition) is 7. The lowest BCUT2D eigenvalue weighted by molar-refractivity contribution is -0.113. The first-order chi connectivity index (χ1) is 17.4. The van der Waals surface area contributed by atoms with Gasteiger partial charge in [-0.25, -0.2) is 4.79 Å². The molecule has 0 aliphatic heterocycles. The summed E-state index contributed by atoms with van der Waals surface area (Å²) in [6, 6.07) is 17.9. The van der Waals surface area contributed by atoms with Crippen LogP contribution in [0.5, 0.6) is 17.2 Å². The van der Waals surface area contributed by atoms with Gasteiger partial charge in [-0.1, -0.05) is 18.2 Å². The number of rotatable bonds is 9. The Morgan fingerprint density at radius 3 is 1.89 bits per heavy atom. The molecule has 0 spiro atoms. The molecule has 9 heteroatoms. The second-order valence-corrected chi connectivity index (χ2v) is 7.36. The van der Waals surface area contributed by atoms with E-state index in [-0.39, 0.29) is 5.70 Å². The molecule has 0 aliphatic carbocycles. The second kappa shape index (κ2) is 12.1. The molecule has 0 fully saturated rings. The summed E-state index contributed by atoms with van der Waals surface area (Å²) in [5.41, 5.74) is 1.61. The zero-order valence-corrected chi connectivity index (χ0v) is 20.3. The maximum atomic E-state index is 13.2. The Bertz CT molecular complexity index is 1240. The Kier molecular flexibility index (Phi) is 8.66. The number of methoxy groups -OCH3 is 4. The van der Waals surface area contributed by atoms with Crippen LogP contribution in [0.1, 0.15) is 26.3 Å². The molecule has 2 N–H and O–H groups in total. The summed E-state index contributed by atoms with van der Waals surface area (Å²) in [5.74, 6) is -0.385. The van der Waals surface area contributed by atoms with Crippen LogP contribution in [0.15, 0.2) is 72.4 Å². The molecular weight excluding hydrogens is 464 g/mol. The lowest BCUT2D eigenvalue weighted by Gasteiger charge is -2.14. The second-order valence-electron chi connectivity index (χ2n) is 7.36. The fourth-order valence-electron chi connectivity index (χ4n) is 3.30. The van der Waals surface area contributed by atoms with E-state index in [2.05, 4.69) is 15.4 Å². The van der Waals surface area contributed by atoms with E-state index in [1.165, 1.54) is 46.6 Å². The molecule has 0 saturated heterocycles.